The number of thiophene rings is 1. The molecule has 2 rings (SSSR count). The monoisotopic (exact) mass is 370 g/mol. The molecule has 1 aromatic carbocycles. The fourth-order valence-corrected chi connectivity index (χ4v) is 2.96. The Balaban J connectivity index is 1.97. The van der Waals surface area contributed by atoms with Gasteiger partial charge >= 0.3 is 6.18 Å². The fraction of sp³-hybridized carbons (Fsp3) is 0.294. The Morgan fingerprint density at radius 1 is 1.20 bits per heavy atom. The molecule has 0 aliphatic rings. The maximum absolute atomic E-state index is 12.8. The molecule has 1 aromatic heterocycles. The van der Waals surface area contributed by atoms with Crippen LogP contribution in [0.2, 0.25) is 0 Å². The number of halogens is 3. The Morgan fingerprint density at radius 3 is 2.56 bits per heavy atom. The summed E-state index contributed by atoms with van der Waals surface area (Å²) in [5.74, 6) is -0.596. The highest BCUT2D eigenvalue weighted by Crippen LogP contribution is 2.31. The van der Waals surface area contributed by atoms with Crippen molar-refractivity contribution in [3.63, 3.8) is 0 Å². The Bertz CT molecular complexity index is 730. The lowest BCUT2D eigenvalue weighted by Gasteiger charge is -2.22. The molecule has 2 amide bonds. The summed E-state index contributed by atoms with van der Waals surface area (Å²) in [4.78, 5) is 25.7. The zero-order chi connectivity index (χ0) is 18.4. The molecule has 2 aromatic rings. The van der Waals surface area contributed by atoms with Crippen LogP contribution in [0.1, 0.15) is 17.4 Å². The zero-order valence-corrected chi connectivity index (χ0v) is 14.3. The molecule has 0 unspecified atom stereocenters. The lowest BCUT2D eigenvalue weighted by Crippen LogP contribution is -2.38. The highest BCUT2D eigenvalue weighted by Gasteiger charge is 2.31. The molecule has 0 spiro atoms. The van der Waals surface area contributed by atoms with Crippen molar-refractivity contribution >= 4 is 28.8 Å². The molecule has 0 bridgehead atoms. The molecule has 0 fully saturated rings. The lowest BCUT2D eigenvalue weighted by atomic mass is 10.1. The second-order valence-corrected chi connectivity index (χ2v) is 6.36. The standard InChI is InChI=1S/C17H17F3N2O2S/c1-12(23)22(14-5-2-4-13(10-14)17(18,19)20)8-7-21-16(24)11-15-6-3-9-25-15/h2-6,9-10H,7-8,11H2,1H3,(H,21,24). The highest BCUT2D eigenvalue weighted by atomic mass is 32.1. The first-order valence-electron chi connectivity index (χ1n) is 7.52. The summed E-state index contributed by atoms with van der Waals surface area (Å²) in [6.07, 6.45) is -4.24. The van der Waals surface area contributed by atoms with Gasteiger partial charge in [-0.15, -0.1) is 11.3 Å². The molecule has 0 radical (unpaired) electrons. The van der Waals surface area contributed by atoms with E-state index < -0.39 is 17.6 Å². The van der Waals surface area contributed by atoms with Gasteiger partial charge in [0.2, 0.25) is 11.8 Å². The zero-order valence-electron chi connectivity index (χ0n) is 13.5. The van der Waals surface area contributed by atoms with Gasteiger partial charge in [0.1, 0.15) is 0 Å². The van der Waals surface area contributed by atoms with E-state index in [4.69, 9.17) is 0 Å². The third kappa shape index (κ3) is 5.60. The third-order valence-corrected chi connectivity index (χ3v) is 4.31. The Hall–Kier alpha value is -2.35. The first-order valence-corrected chi connectivity index (χ1v) is 8.40. The number of amides is 2. The van der Waals surface area contributed by atoms with Gasteiger partial charge in [0.15, 0.2) is 0 Å². The molecule has 4 nitrogen and oxygen atoms in total. The number of hydrogen-bond donors (Lipinski definition) is 1. The van der Waals surface area contributed by atoms with E-state index in [1.807, 2.05) is 17.5 Å². The van der Waals surface area contributed by atoms with E-state index in [1.54, 1.807) is 0 Å². The van der Waals surface area contributed by atoms with Crippen molar-refractivity contribution in [3.8, 4) is 0 Å². The Morgan fingerprint density at radius 2 is 1.96 bits per heavy atom. The normalized spacial score (nSPS) is 11.2. The number of rotatable bonds is 6. The average molecular weight is 370 g/mol. The minimum absolute atomic E-state index is 0.0901. The molecular formula is C17H17F3N2O2S. The SMILES string of the molecule is CC(=O)N(CCNC(=O)Cc1cccs1)c1cccc(C(F)(F)F)c1. The second kappa shape index (κ2) is 8.15. The maximum Gasteiger partial charge on any atom is 0.416 e. The highest BCUT2D eigenvalue weighted by molar-refractivity contribution is 7.10. The van der Waals surface area contributed by atoms with E-state index in [2.05, 4.69) is 5.32 Å². The van der Waals surface area contributed by atoms with E-state index in [9.17, 15) is 22.8 Å². The summed E-state index contributed by atoms with van der Waals surface area (Å²) < 4.78 is 38.4. The molecule has 0 saturated heterocycles. The predicted octanol–water partition coefficient (Wildman–Crippen LogP) is 3.48. The molecule has 0 atom stereocenters. The fourth-order valence-electron chi connectivity index (χ4n) is 2.26. The predicted molar refractivity (Wildman–Crippen MR) is 90.5 cm³/mol. The largest absolute Gasteiger partial charge is 0.416 e. The van der Waals surface area contributed by atoms with Gasteiger partial charge in [-0.05, 0) is 29.6 Å². The number of carbonyl (C=O) groups excluding carboxylic acids is 2. The Labute approximate surface area is 147 Å². The van der Waals surface area contributed by atoms with Gasteiger partial charge in [-0.2, -0.15) is 13.2 Å². The molecule has 0 aliphatic carbocycles. The first kappa shape index (κ1) is 19.0. The molecule has 1 N–H and O–H groups in total. The van der Waals surface area contributed by atoms with Gasteiger partial charge < -0.3 is 10.2 Å². The average Bonchev–Trinajstić information content (AvgIpc) is 3.03. The molecule has 25 heavy (non-hydrogen) atoms. The number of anilines is 1. The molecule has 8 heteroatoms. The Kier molecular flexibility index (Phi) is 6.19. The topological polar surface area (TPSA) is 49.4 Å². The quantitative estimate of drug-likeness (QED) is 0.846. The molecule has 0 saturated carbocycles. The van der Waals surface area contributed by atoms with Gasteiger partial charge in [-0.1, -0.05) is 12.1 Å². The van der Waals surface area contributed by atoms with Crippen molar-refractivity contribution in [1.82, 2.24) is 5.32 Å². The minimum Gasteiger partial charge on any atom is -0.354 e. The van der Waals surface area contributed by atoms with Crippen LogP contribution in [0.15, 0.2) is 41.8 Å². The maximum atomic E-state index is 12.8. The van der Waals surface area contributed by atoms with Crippen LogP contribution in [0.3, 0.4) is 0 Å². The lowest BCUT2D eigenvalue weighted by molar-refractivity contribution is -0.137. The number of benzene rings is 1. The number of nitrogens with zero attached hydrogens (tertiary/aromatic N) is 1. The molecular weight excluding hydrogens is 353 g/mol. The summed E-state index contributed by atoms with van der Waals surface area (Å²) in [6, 6.07) is 8.25. The third-order valence-electron chi connectivity index (χ3n) is 3.44. The smallest absolute Gasteiger partial charge is 0.354 e. The van der Waals surface area contributed by atoms with Crippen LogP contribution in [-0.4, -0.2) is 24.9 Å². The van der Waals surface area contributed by atoms with Crippen LogP contribution in [0.25, 0.3) is 0 Å². The van der Waals surface area contributed by atoms with Crippen molar-refractivity contribution < 1.29 is 22.8 Å². The van der Waals surface area contributed by atoms with Crippen molar-refractivity contribution in [2.24, 2.45) is 0 Å². The first-order chi connectivity index (χ1) is 11.8. The molecule has 1 heterocycles. The number of hydrogen-bond acceptors (Lipinski definition) is 3. The van der Waals surface area contributed by atoms with Gasteiger partial charge in [-0.25, -0.2) is 0 Å². The van der Waals surface area contributed by atoms with Crippen LogP contribution < -0.4 is 10.2 Å². The van der Waals surface area contributed by atoms with Crippen LogP contribution >= 0.6 is 11.3 Å². The van der Waals surface area contributed by atoms with Gasteiger partial charge in [-0.3, -0.25) is 9.59 Å². The van der Waals surface area contributed by atoms with Crippen LogP contribution in [0.4, 0.5) is 18.9 Å². The van der Waals surface area contributed by atoms with Gasteiger partial charge in [0.25, 0.3) is 0 Å². The van der Waals surface area contributed by atoms with E-state index in [0.717, 1.165) is 17.0 Å². The van der Waals surface area contributed by atoms with Gasteiger partial charge in [0.05, 0.1) is 12.0 Å². The summed E-state index contributed by atoms with van der Waals surface area (Å²) >= 11 is 1.46. The van der Waals surface area contributed by atoms with Crippen molar-refractivity contribution in [1.29, 1.82) is 0 Å². The number of alkyl halides is 3. The summed E-state index contributed by atoms with van der Waals surface area (Å²) in [5.41, 5.74) is -0.673. The van der Waals surface area contributed by atoms with Gasteiger partial charge in [0, 0.05) is 30.6 Å². The van der Waals surface area contributed by atoms with E-state index in [0.29, 0.717) is 0 Å². The molecule has 0 aliphatic heterocycles. The van der Waals surface area contributed by atoms with Crippen molar-refractivity contribution in [2.45, 2.75) is 19.5 Å². The van der Waals surface area contributed by atoms with E-state index in [-0.39, 0.29) is 31.1 Å². The second-order valence-electron chi connectivity index (χ2n) is 5.32. The molecule has 134 valence electrons. The van der Waals surface area contributed by atoms with Crippen LogP contribution in [-0.2, 0) is 22.2 Å². The summed E-state index contributed by atoms with van der Waals surface area (Å²) in [5, 5.41) is 4.54. The van der Waals surface area contributed by atoms with Crippen LogP contribution in [0, 0.1) is 0 Å². The van der Waals surface area contributed by atoms with Crippen molar-refractivity contribution in [2.75, 3.05) is 18.0 Å². The van der Waals surface area contributed by atoms with Crippen LogP contribution in [0.5, 0.6) is 0 Å². The van der Waals surface area contributed by atoms with Crippen molar-refractivity contribution in [3.05, 3.63) is 52.2 Å². The number of carbonyl (C=O) groups is 2. The minimum atomic E-state index is -4.48. The summed E-state index contributed by atoms with van der Waals surface area (Å²) in [7, 11) is 0. The summed E-state index contributed by atoms with van der Waals surface area (Å²) in [6.45, 7) is 1.51. The number of nitrogens with one attached hydrogen (secondary N) is 1. The van der Waals surface area contributed by atoms with E-state index >= 15 is 0 Å². The van der Waals surface area contributed by atoms with E-state index in [1.165, 1.54) is 35.3 Å².